The normalized spacial score (nSPS) is 10.7. The van der Waals surface area contributed by atoms with Crippen LogP contribution in [0, 0.1) is 11.6 Å². The molecule has 0 aliphatic rings. The summed E-state index contributed by atoms with van der Waals surface area (Å²) in [5.74, 6) is -2.59. The standard InChI is InChI=1S/C15H10F2N2O/c16-10-5-3-6-11(17)14(10)15(20)19-13-8-18-12-7-2-1-4-9(12)13/h1-8,18H,(H,19,20). The number of para-hydroxylation sites is 1. The molecule has 20 heavy (non-hydrogen) atoms. The van der Waals surface area contributed by atoms with E-state index >= 15 is 0 Å². The molecular formula is C15H10F2N2O. The maximum absolute atomic E-state index is 13.5. The molecule has 0 fully saturated rings. The Hall–Kier alpha value is -2.69. The van der Waals surface area contributed by atoms with Crippen molar-refractivity contribution in [1.82, 2.24) is 4.98 Å². The molecule has 0 radical (unpaired) electrons. The summed E-state index contributed by atoms with van der Waals surface area (Å²) < 4.78 is 27.1. The Labute approximate surface area is 113 Å². The van der Waals surface area contributed by atoms with E-state index in [1.54, 1.807) is 12.3 Å². The number of rotatable bonds is 2. The van der Waals surface area contributed by atoms with E-state index in [0.29, 0.717) is 5.69 Å². The van der Waals surface area contributed by atoms with Crippen LogP contribution < -0.4 is 5.32 Å². The van der Waals surface area contributed by atoms with Gasteiger partial charge in [-0.05, 0) is 18.2 Å². The van der Waals surface area contributed by atoms with Crippen molar-refractivity contribution in [2.45, 2.75) is 0 Å². The fourth-order valence-corrected chi connectivity index (χ4v) is 2.07. The summed E-state index contributed by atoms with van der Waals surface area (Å²) in [5, 5.41) is 3.29. The molecule has 3 nitrogen and oxygen atoms in total. The second-order valence-electron chi connectivity index (χ2n) is 4.30. The topological polar surface area (TPSA) is 44.9 Å². The van der Waals surface area contributed by atoms with Gasteiger partial charge in [0, 0.05) is 17.1 Å². The van der Waals surface area contributed by atoms with Gasteiger partial charge in [0.2, 0.25) is 0 Å². The van der Waals surface area contributed by atoms with Gasteiger partial charge in [-0.25, -0.2) is 8.78 Å². The van der Waals surface area contributed by atoms with Crippen molar-refractivity contribution in [3.05, 3.63) is 65.9 Å². The van der Waals surface area contributed by atoms with E-state index in [9.17, 15) is 13.6 Å². The molecule has 3 aromatic rings. The maximum atomic E-state index is 13.5. The molecule has 0 saturated heterocycles. The van der Waals surface area contributed by atoms with Crippen LogP contribution >= 0.6 is 0 Å². The number of aromatic nitrogens is 1. The zero-order valence-electron chi connectivity index (χ0n) is 10.3. The first kappa shape index (κ1) is 12.3. The van der Waals surface area contributed by atoms with Crippen molar-refractivity contribution in [3.8, 4) is 0 Å². The molecule has 0 bridgehead atoms. The summed E-state index contributed by atoms with van der Waals surface area (Å²) >= 11 is 0. The Kier molecular flexibility index (Phi) is 2.95. The zero-order chi connectivity index (χ0) is 14.1. The predicted molar refractivity (Wildman–Crippen MR) is 72.6 cm³/mol. The van der Waals surface area contributed by atoms with Gasteiger partial charge in [-0.1, -0.05) is 24.3 Å². The van der Waals surface area contributed by atoms with E-state index in [4.69, 9.17) is 0 Å². The molecule has 0 atom stereocenters. The van der Waals surface area contributed by atoms with Crippen LogP contribution in [0.3, 0.4) is 0 Å². The quantitative estimate of drug-likeness (QED) is 0.734. The Morgan fingerprint density at radius 2 is 1.70 bits per heavy atom. The van der Waals surface area contributed by atoms with Crippen LogP contribution in [0.1, 0.15) is 10.4 Å². The van der Waals surface area contributed by atoms with Crippen LogP contribution in [0.15, 0.2) is 48.7 Å². The summed E-state index contributed by atoms with van der Waals surface area (Å²) in [6, 6.07) is 10.6. The minimum absolute atomic E-state index is 0.480. The largest absolute Gasteiger partial charge is 0.359 e. The fraction of sp³-hybridized carbons (Fsp3) is 0. The minimum atomic E-state index is -0.887. The average molecular weight is 272 g/mol. The molecule has 3 rings (SSSR count). The third kappa shape index (κ3) is 2.03. The molecule has 0 saturated carbocycles. The number of fused-ring (bicyclic) bond motifs is 1. The number of nitrogens with one attached hydrogen (secondary N) is 2. The molecule has 1 heterocycles. The van der Waals surface area contributed by atoms with Crippen LogP contribution in [-0.2, 0) is 0 Å². The molecule has 2 N–H and O–H groups in total. The van der Waals surface area contributed by atoms with E-state index in [1.807, 2.05) is 18.2 Å². The van der Waals surface area contributed by atoms with Crippen LogP contribution in [0.4, 0.5) is 14.5 Å². The van der Waals surface area contributed by atoms with E-state index in [2.05, 4.69) is 10.3 Å². The first-order valence-corrected chi connectivity index (χ1v) is 5.98. The summed E-state index contributed by atoms with van der Waals surface area (Å²) in [7, 11) is 0. The van der Waals surface area contributed by atoms with Gasteiger partial charge in [-0.3, -0.25) is 4.79 Å². The summed E-state index contributed by atoms with van der Waals surface area (Å²) in [6.07, 6.45) is 1.58. The highest BCUT2D eigenvalue weighted by Crippen LogP contribution is 2.23. The number of hydrogen-bond acceptors (Lipinski definition) is 1. The van der Waals surface area contributed by atoms with E-state index < -0.39 is 23.1 Å². The Bertz CT molecular complexity index is 775. The van der Waals surface area contributed by atoms with Crippen molar-refractivity contribution in [2.24, 2.45) is 0 Å². The van der Waals surface area contributed by atoms with Gasteiger partial charge in [0.25, 0.3) is 5.91 Å². The van der Waals surface area contributed by atoms with Crippen molar-refractivity contribution < 1.29 is 13.6 Å². The molecule has 0 aliphatic carbocycles. The minimum Gasteiger partial charge on any atom is -0.359 e. The van der Waals surface area contributed by atoms with E-state index in [-0.39, 0.29) is 0 Å². The molecular weight excluding hydrogens is 262 g/mol. The number of hydrogen-bond donors (Lipinski definition) is 2. The summed E-state index contributed by atoms with van der Waals surface area (Å²) in [4.78, 5) is 15.0. The average Bonchev–Trinajstić information content (AvgIpc) is 2.82. The van der Waals surface area contributed by atoms with Gasteiger partial charge < -0.3 is 10.3 Å². The van der Waals surface area contributed by atoms with Crippen molar-refractivity contribution in [1.29, 1.82) is 0 Å². The maximum Gasteiger partial charge on any atom is 0.261 e. The van der Waals surface area contributed by atoms with Crippen LogP contribution in [0.5, 0.6) is 0 Å². The Morgan fingerprint density at radius 1 is 1.00 bits per heavy atom. The SMILES string of the molecule is O=C(Nc1c[nH]c2ccccc12)c1c(F)cccc1F. The number of carbonyl (C=O) groups excluding carboxylic acids is 1. The van der Waals surface area contributed by atoms with E-state index in [0.717, 1.165) is 23.0 Å². The number of amides is 1. The highest BCUT2D eigenvalue weighted by molar-refractivity contribution is 6.09. The molecule has 1 amide bonds. The third-order valence-electron chi connectivity index (χ3n) is 3.03. The Balaban J connectivity index is 1.97. The molecule has 100 valence electrons. The first-order valence-electron chi connectivity index (χ1n) is 5.98. The lowest BCUT2D eigenvalue weighted by Gasteiger charge is -2.06. The number of H-pyrrole nitrogens is 1. The van der Waals surface area contributed by atoms with Crippen LogP contribution in [-0.4, -0.2) is 10.9 Å². The smallest absolute Gasteiger partial charge is 0.261 e. The number of anilines is 1. The first-order chi connectivity index (χ1) is 9.66. The van der Waals surface area contributed by atoms with Gasteiger partial charge in [0.15, 0.2) is 0 Å². The number of halogens is 2. The summed E-state index contributed by atoms with van der Waals surface area (Å²) in [5.41, 5.74) is 0.725. The van der Waals surface area contributed by atoms with Crippen molar-refractivity contribution >= 4 is 22.5 Å². The lowest BCUT2D eigenvalue weighted by Crippen LogP contribution is -2.15. The molecule has 0 aliphatic heterocycles. The highest BCUT2D eigenvalue weighted by Gasteiger charge is 2.18. The van der Waals surface area contributed by atoms with Gasteiger partial charge in [-0.2, -0.15) is 0 Å². The van der Waals surface area contributed by atoms with Gasteiger partial charge >= 0.3 is 0 Å². The lowest BCUT2D eigenvalue weighted by molar-refractivity contribution is 0.101. The Morgan fingerprint density at radius 3 is 2.45 bits per heavy atom. The second kappa shape index (κ2) is 4.77. The van der Waals surface area contributed by atoms with Crippen LogP contribution in [0.2, 0.25) is 0 Å². The monoisotopic (exact) mass is 272 g/mol. The zero-order valence-corrected chi connectivity index (χ0v) is 10.3. The fourth-order valence-electron chi connectivity index (χ4n) is 2.07. The third-order valence-corrected chi connectivity index (χ3v) is 3.03. The van der Waals surface area contributed by atoms with Crippen LogP contribution in [0.25, 0.3) is 10.9 Å². The van der Waals surface area contributed by atoms with Gasteiger partial charge in [-0.15, -0.1) is 0 Å². The number of carbonyl (C=O) groups is 1. The number of aromatic amines is 1. The second-order valence-corrected chi connectivity index (χ2v) is 4.30. The molecule has 2 aromatic carbocycles. The molecule has 0 spiro atoms. The molecule has 5 heteroatoms. The van der Waals surface area contributed by atoms with Crippen molar-refractivity contribution in [3.63, 3.8) is 0 Å². The lowest BCUT2D eigenvalue weighted by atomic mass is 10.1. The molecule has 0 unspecified atom stereocenters. The van der Waals surface area contributed by atoms with Gasteiger partial charge in [0.05, 0.1) is 5.69 Å². The van der Waals surface area contributed by atoms with Gasteiger partial charge in [0.1, 0.15) is 17.2 Å². The highest BCUT2D eigenvalue weighted by atomic mass is 19.1. The number of benzene rings is 2. The van der Waals surface area contributed by atoms with Crippen molar-refractivity contribution in [2.75, 3.05) is 5.32 Å². The predicted octanol–water partition coefficient (Wildman–Crippen LogP) is 3.70. The van der Waals surface area contributed by atoms with E-state index in [1.165, 1.54) is 6.07 Å². The molecule has 1 aromatic heterocycles. The summed E-state index contributed by atoms with van der Waals surface area (Å²) in [6.45, 7) is 0.